The largest absolute Gasteiger partial charge is 0.276 e. The first-order valence-corrected chi connectivity index (χ1v) is 9.44. The molecule has 1 N–H and O–H groups in total. The zero-order valence-corrected chi connectivity index (χ0v) is 16.7. The van der Waals surface area contributed by atoms with E-state index in [1.54, 1.807) is 12.1 Å². The smallest absolute Gasteiger partial charge is 0.239 e. The Hall–Kier alpha value is -3.00. The molecule has 1 aromatic heterocycles. The molecule has 0 bridgehead atoms. The van der Waals surface area contributed by atoms with Crippen LogP contribution in [-0.4, -0.2) is 35.5 Å². The number of anilines is 1. The van der Waals surface area contributed by atoms with Gasteiger partial charge in [-0.25, -0.2) is 10.4 Å². The number of pyridine rings is 1. The van der Waals surface area contributed by atoms with E-state index in [-0.39, 0.29) is 19.1 Å². The number of para-hydroxylation sites is 1. The topological polar surface area (TPSA) is 74.8 Å². The van der Waals surface area contributed by atoms with E-state index in [4.69, 9.17) is 16.4 Å². The van der Waals surface area contributed by atoms with Crippen LogP contribution in [0.2, 0.25) is 5.02 Å². The van der Waals surface area contributed by atoms with Crippen LogP contribution in [0.3, 0.4) is 0 Å². The van der Waals surface area contributed by atoms with Crippen molar-refractivity contribution in [2.45, 2.75) is 13.5 Å². The molecule has 2 aromatic carbocycles. The van der Waals surface area contributed by atoms with Gasteiger partial charge in [0.05, 0.1) is 18.7 Å². The van der Waals surface area contributed by atoms with Crippen molar-refractivity contribution in [3.63, 3.8) is 0 Å². The summed E-state index contributed by atoms with van der Waals surface area (Å²) < 4.78 is 0. The molecular formula is C21H21ClN4O3. The van der Waals surface area contributed by atoms with Crippen molar-refractivity contribution in [1.29, 1.82) is 0 Å². The van der Waals surface area contributed by atoms with E-state index < -0.39 is 0 Å². The molecule has 0 unspecified atom stereocenters. The number of nitrogens with one attached hydrogen (secondary N) is 1. The summed E-state index contributed by atoms with van der Waals surface area (Å²) in [6.07, 6.45) is 0.548. The lowest BCUT2D eigenvalue weighted by Gasteiger charge is -2.23. The summed E-state index contributed by atoms with van der Waals surface area (Å²) >= 11 is 6.14. The molecule has 0 spiro atoms. The summed E-state index contributed by atoms with van der Waals surface area (Å²) in [6.45, 7) is 2.17. The van der Waals surface area contributed by atoms with E-state index in [1.807, 2.05) is 48.5 Å². The number of hydrogen-bond donors (Lipinski definition) is 1. The SMILES string of the molecule is CC(=O)N(CCON(C=O)c1ccc2ccccc2n1)NCc1ccccc1Cl. The van der Waals surface area contributed by atoms with Gasteiger partial charge in [-0.15, -0.1) is 0 Å². The molecule has 8 heteroatoms. The Bertz CT molecular complexity index is 998. The van der Waals surface area contributed by atoms with Crippen molar-refractivity contribution in [3.05, 3.63) is 71.2 Å². The van der Waals surface area contributed by atoms with Gasteiger partial charge in [0.25, 0.3) is 0 Å². The number of hydroxylamine groups is 1. The quantitative estimate of drug-likeness (QED) is 0.431. The van der Waals surface area contributed by atoms with Gasteiger partial charge in [0.15, 0.2) is 5.82 Å². The van der Waals surface area contributed by atoms with Gasteiger partial charge >= 0.3 is 0 Å². The maximum absolute atomic E-state index is 11.9. The van der Waals surface area contributed by atoms with Crippen LogP contribution >= 0.6 is 11.6 Å². The minimum absolute atomic E-state index is 0.0996. The maximum Gasteiger partial charge on any atom is 0.239 e. The van der Waals surface area contributed by atoms with Crippen LogP contribution in [0.1, 0.15) is 12.5 Å². The van der Waals surface area contributed by atoms with Gasteiger partial charge in [-0.2, -0.15) is 5.06 Å². The molecule has 1 heterocycles. The van der Waals surface area contributed by atoms with E-state index >= 15 is 0 Å². The second-order valence-electron chi connectivity index (χ2n) is 6.22. The molecule has 0 aliphatic heterocycles. The van der Waals surface area contributed by atoms with Gasteiger partial charge in [-0.1, -0.05) is 48.0 Å². The Morgan fingerprint density at radius 2 is 1.90 bits per heavy atom. The molecule has 0 saturated carbocycles. The van der Waals surface area contributed by atoms with E-state index in [0.717, 1.165) is 21.5 Å². The Morgan fingerprint density at radius 3 is 2.66 bits per heavy atom. The van der Waals surface area contributed by atoms with Crippen LogP contribution in [-0.2, 0) is 21.0 Å². The summed E-state index contributed by atoms with van der Waals surface area (Å²) in [5, 5.41) is 4.06. The zero-order chi connectivity index (χ0) is 20.6. The number of hydrazine groups is 1. The average molecular weight is 413 g/mol. The number of benzene rings is 2. The number of carbonyl (C=O) groups excluding carboxylic acids is 2. The first-order valence-electron chi connectivity index (χ1n) is 9.07. The van der Waals surface area contributed by atoms with Crippen molar-refractivity contribution in [2.75, 3.05) is 18.2 Å². The van der Waals surface area contributed by atoms with Crippen molar-refractivity contribution >= 4 is 40.6 Å². The van der Waals surface area contributed by atoms with Crippen LogP contribution in [0.25, 0.3) is 10.9 Å². The highest BCUT2D eigenvalue weighted by atomic mass is 35.5. The number of rotatable bonds is 9. The summed E-state index contributed by atoms with van der Waals surface area (Å²) in [7, 11) is 0. The third-order valence-electron chi connectivity index (χ3n) is 4.25. The van der Waals surface area contributed by atoms with Crippen LogP contribution in [0.4, 0.5) is 5.82 Å². The standard InChI is InChI=1S/C21H21ClN4O3/c1-16(28)25(23-14-18-7-2-4-8-19(18)22)12-13-29-26(15-27)21-11-10-17-6-3-5-9-20(17)24-21/h2-11,15,23H,12-14H2,1H3. The molecule has 7 nitrogen and oxygen atoms in total. The maximum atomic E-state index is 11.9. The molecule has 3 rings (SSSR count). The minimum Gasteiger partial charge on any atom is -0.276 e. The second-order valence-corrected chi connectivity index (χ2v) is 6.63. The Kier molecular flexibility index (Phi) is 7.13. The molecular weight excluding hydrogens is 392 g/mol. The number of nitrogens with zero attached hydrogens (tertiary/aromatic N) is 3. The van der Waals surface area contributed by atoms with Gasteiger partial charge in [0.2, 0.25) is 12.3 Å². The first kappa shape index (κ1) is 20.7. The number of aromatic nitrogens is 1. The number of amides is 2. The Balaban J connectivity index is 1.58. The van der Waals surface area contributed by atoms with Gasteiger partial charge in [-0.3, -0.25) is 19.4 Å². The minimum atomic E-state index is -0.179. The lowest BCUT2D eigenvalue weighted by atomic mass is 10.2. The number of carbonyl (C=O) groups is 2. The third kappa shape index (κ3) is 5.51. The normalized spacial score (nSPS) is 10.7. The molecule has 0 atom stereocenters. The predicted molar refractivity (Wildman–Crippen MR) is 112 cm³/mol. The van der Waals surface area contributed by atoms with Crippen LogP contribution in [0, 0.1) is 0 Å². The highest BCUT2D eigenvalue weighted by Crippen LogP contribution is 2.17. The lowest BCUT2D eigenvalue weighted by Crippen LogP contribution is -2.44. The van der Waals surface area contributed by atoms with Gasteiger partial charge in [0.1, 0.15) is 0 Å². The summed E-state index contributed by atoms with van der Waals surface area (Å²) in [5.41, 5.74) is 4.66. The average Bonchev–Trinajstić information content (AvgIpc) is 2.74. The zero-order valence-electron chi connectivity index (χ0n) is 15.9. The molecule has 0 radical (unpaired) electrons. The molecule has 0 aliphatic rings. The van der Waals surface area contributed by atoms with Crippen molar-refractivity contribution in [3.8, 4) is 0 Å². The molecule has 2 amide bonds. The second kappa shape index (κ2) is 9.97. The van der Waals surface area contributed by atoms with Crippen LogP contribution in [0.5, 0.6) is 0 Å². The molecule has 150 valence electrons. The fourth-order valence-electron chi connectivity index (χ4n) is 2.73. The van der Waals surface area contributed by atoms with Gasteiger partial charge in [0, 0.05) is 23.9 Å². The van der Waals surface area contributed by atoms with Crippen molar-refractivity contribution in [2.24, 2.45) is 0 Å². The van der Waals surface area contributed by atoms with Crippen molar-refractivity contribution in [1.82, 2.24) is 15.4 Å². The third-order valence-corrected chi connectivity index (χ3v) is 4.62. The molecule has 0 aliphatic carbocycles. The number of fused-ring (bicyclic) bond motifs is 1. The molecule has 0 saturated heterocycles. The lowest BCUT2D eigenvalue weighted by molar-refractivity contribution is -0.133. The summed E-state index contributed by atoms with van der Waals surface area (Å²) in [4.78, 5) is 33.3. The first-order chi connectivity index (χ1) is 14.1. The Labute approximate surface area is 173 Å². The molecule has 29 heavy (non-hydrogen) atoms. The van der Waals surface area contributed by atoms with Crippen LogP contribution in [0.15, 0.2) is 60.7 Å². The monoisotopic (exact) mass is 412 g/mol. The fraction of sp³-hybridized carbons (Fsp3) is 0.190. The van der Waals surface area contributed by atoms with E-state index in [1.165, 1.54) is 11.9 Å². The highest BCUT2D eigenvalue weighted by Gasteiger charge is 2.13. The predicted octanol–water partition coefficient (Wildman–Crippen LogP) is 3.34. The molecule has 0 fully saturated rings. The van der Waals surface area contributed by atoms with E-state index in [0.29, 0.717) is 23.8 Å². The Morgan fingerprint density at radius 1 is 1.14 bits per heavy atom. The fourth-order valence-corrected chi connectivity index (χ4v) is 2.93. The van der Waals surface area contributed by atoms with E-state index in [9.17, 15) is 9.59 Å². The van der Waals surface area contributed by atoms with E-state index in [2.05, 4.69) is 10.4 Å². The van der Waals surface area contributed by atoms with Gasteiger partial charge in [-0.05, 0) is 29.8 Å². The number of halogens is 1. The van der Waals surface area contributed by atoms with Crippen molar-refractivity contribution < 1.29 is 14.4 Å². The number of hydrogen-bond acceptors (Lipinski definition) is 5. The summed E-state index contributed by atoms with van der Waals surface area (Å²) in [5.74, 6) is 0.194. The summed E-state index contributed by atoms with van der Waals surface area (Å²) in [6, 6.07) is 18.6. The molecule has 3 aromatic rings. The van der Waals surface area contributed by atoms with Crippen LogP contribution < -0.4 is 10.5 Å². The highest BCUT2D eigenvalue weighted by molar-refractivity contribution is 6.31. The van der Waals surface area contributed by atoms with Gasteiger partial charge < -0.3 is 0 Å².